The molecule has 16 heavy (non-hydrogen) atoms. The van der Waals surface area contributed by atoms with Crippen LogP contribution in [-0.4, -0.2) is 5.38 Å². The van der Waals surface area contributed by atoms with Crippen LogP contribution in [-0.2, 0) is 6.42 Å². The Hall–Kier alpha value is -0.490. The van der Waals surface area contributed by atoms with E-state index in [1.165, 1.54) is 28.7 Å². The second kappa shape index (κ2) is 6.30. The molecular weight excluding hydrogens is 216 g/mol. The van der Waals surface area contributed by atoms with Crippen LogP contribution in [0.2, 0.25) is 0 Å². The molecule has 1 aromatic carbocycles. The minimum atomic E-state index is 0.338. The molecule has 0 aromatic heterocycles. The van der Waals surface area contributed by atoms with Crippen molar-refractivity contribution in [2.45, 2.75) is 58.8 Å². The normalized spacial score (nSPS) is 12.8. The molecule has 90 valence electrons. The highest BCUT2D eigenvalue weighted by Gasteiger charge is 2.07. The van der Waals surface area contributed by atoms with E-state index in [4.69, 9.17) is 11.6 Å². The van der Waals surface area contributed by atoms with E-state index in [9.17, 15) is 0 Å². The van der Waals surface area contributed by atoms with Gasteiger partial charge in [0, 0.05) is 5.38 Å². The van der Waals surface area contributed by atoms with Crippen molar-refractivity contribution in [3.63, 3.8) is 0 Å². The molecule has 0 aliphatic carbocycles. The van der Waals surface area contributed by atoms with Gasteiger partial charge in [-0.2, -0.15) is 0 Å². The second-order valence-corrected chi connectivity index (χ2v) is 5.42. The molecule has 0 saturated heterocycles. The lowest BCUT2D eigenvalue weighted by atomic mass is 9.95. The number of rotatable bonds is 5. The highest BCUT2D eigenvalue weighted by atomic mass is 35.5. The molecule has 0 aliphatic heterocycles. The summed E-state index contributed by atoms with van der Waals surface area (Å²) in [5.74, 6) is 0. The molecule has 0 amide bonds. The van der Waals surface area contributed by atoms with Crippen LogP contribution in [0.1, 0.15) is 48.4 Å². The van der Waals surface area contributed by atoms with Gasteiger partial charge in [-0.3, -0.25) is 0 Å². The maximum atomic E-state index is 6.27. The molecule has 1 heteroatoms. The average molecular weight is 239 g/mol. The summed E-state index contributed by atoms with van der Waals surface area (Å²) < 4.78 is 0. The summed E-state index contributed by atoms with van der Waals surface area (Å²) in [6, 6.07) is 4.54. The van der Waals surface area contributed by atoms with Gasteiger partial charge in [-0.25, -0.2) is 0 Å². The number of benzene rings is 1. The SMILES string of the molecule is CCCC(Cl)CCc1c(C)cc(C)cc1C. The largest absolute Gasteiger partial charge is 0.123 e. The van der Waals surface area contributed by atoms with Gasteiger partial charge in [-0.1, -0.05) is 31.0 Å². The summed E-state index contributed by atoms with van der Waals surface area (Å²) in [7, 11) is 0. The average Bonchev–Trinajstić information content (AvgIpc) is 2.16. The zero-order valence-electron chi connectivity index (χ0n) is 10.9. The molecule has 0 heterocycles. The topological polar surface area (TPSA) is 0 Å². The van der Waals surface area contributed by atoms with Gasteiger partial charge in [0.1, 0.15) is 0 Å². The lowest BCUT2D eigenvalue weighted by molar-refractivity contribution is 0.673. The van der Waals surface area contributed by atoms with Crippen LogP contribution in [0.5, 0.6) is 0 Å². The van der Waals surface area contributed by atoms with E-state index in [-0.39, 0.29) is 0 Å². The van der Waals surface area contributed by atoms with Gasteiger partial charge in [0.15, 0.2) is 0 Å². The molecule has 1 unspecified atom stereocenters. The fourth-order valence-electron chi connectivity index (χ4n) is 2.36. The summed E-state index contributed by atoms with van der Waals surface area (Å²) in [4.78, 5) is 0. The Morgan fingerprint density at radius 3 is 2.12 bits per heavy atom. The minimum absolute atomic E-state index is 0.338. The molecule has 0 bridgehead atoms. The van der Waals surface area contributed by atoms with Crippen molar-refractivity contribution >= 4 is 11.6 Å². The first-order valence-corrected chi connectivity index (χ1v) is 6.69. The van der Waals surface area contributed by atoms with Crippen molar-refractivity contribution in [1.82, 2.24) is 0 Å². The molecule has 1 aromatic rings. The van der Waals surface area contributed by atoms with Crippen molar-refractivity contribution in [1.29, 1.82) is 0 Å². The highest BCUT2D eigenvalue weighted by molar-refractivity contribution is 6.20. The standard InChI is InChI=1S/C15H23Cl/c1-5-6-14(16)7-8-15-12(3)9-11(2)10-13(15)4/h9-10,14H,5-8H2,1-4H3. The Labute approximate surface area is 105 Å². The van der Waals surface area contributed by atoms with Crippen molar-refractivity contribution < 1.29 is 0 Å². The van der Waals surface area contributed by atoms with E-state index in [1.54, 1.807) is 0 Å². The minimum Gasteiger partial charge on any atom is -0.123 e. The Morgan fingerprint density at radius 2 is 1.62 bits per heavy atom. The van der Waals surface area contributed by atoms with Crippen molar-refractivity contribution in [2.75, 3.05) is 0 Å². The zero-order chi connectivity index (χ0) is 12.1. The lowest BCUT2D eigenvalue weighted by Gasteiger charge is -2.13. The first-order valence-electron chi connectivity index (χ1n) is 6.25. The van der Waals surface area contributed by atoms with Crippen LogP contribution in [0.15, 0.2) is 12.1 Å². The summed E-state index contributed by atoms with van der Waals surface area (Å²) in [5.41, 5.74) is 5.68. The van der Waals surface area contributed by atoms with Crippen molar-refractivity contribution in [2.24, 2.45) is 0 Å². The van der Waals surface area contributed by atoms with E-state index in [2.05, 4.69) is 39.8 Å². The summed E-state index contributed by atoms with van der Waals surface area (Å²) in [6.07, 6.45) is 4.53. The van der Waals surface area contributed by atoms with Gasteiger partial charge in [0.05, 0.1) is 0 Å². The first kappa shape index (κ1) is 13.6. The maximum Gasteiger partial charge on any atom is 0.0339 e. The number of aryl methyl sites for hydroxylation is 3. The summed E-state index contributed by atoms with van der Waals surface area (Å²) in [6.45, 7) is 8.76. The Kier molecular flexibility index (Phi) is 5.34. The molecule has 0 aliphatic rings. The first-order chi connectivity index (χ1) is 7.54. The maximum absolute atomic E-state index is 6.27. The van der Waals surface area contributed by atoms with Crippen LogP contribution in [0.4, 0.5) is 0 Å². The predicted molar refractivity (Wildman–Crippen MR) is 73.5 cm³/mol. The molecular formula is C15H23Cl. The third kappa shape index (κ3) is 3.83. The molecule has 0 spiro atoms. The number of halogens is 1. The Balaban J connectivity index is 2.67. The van der Waals surface area contributed by atoms with E-state index in [0.29, 0.717) is 5.38 Å². The quantitative estimate of drug-likeness (QED) is 0.637. The fraction of sp³-hybridized carbons (Fsp3) is 0.600. The summed E-state index contributed by atoms with van der Waals surface area (Å²) >= 11 is 6.27. The second-order valence-electron chi connectivity index (χ2n) is 4.80. The fourth-order valence-corrected chi connectivity index (χ4v) is 2.69. The Morgan fingerprint density at radius 1 is 1.06 bits per heavy atom. The van der Waals surface area contributed by atoms with Crippen molar-refractivity contribution in [3.8, 4) is 0 Å². The molecule has 0 nitrogen and oxygen atoms in total. The van der Waals surface area contributed by atoms with Gasteiger partial charge in [0.25, 0.3) is 0 Å². The van der Waals surface area contributed by atoms with Crippen LogP contribution < -0.4 is 0 Å². The van der Waals surface area contributed by atoms with Gasteiger partial charge in [-0.05, 0) is 56.7 Å². The van der Waals surface area contributed by atoms with E-state index < -0.39 is 0 Å². The van der Waals surface area contributed by atoms with Crippen LogP contribution in [0, 0.1) is 20.8 Å². The highest BCUT2D eigenvalue weighted by Crippen LogP contribution is 2.20. The monoisotopic (exact) mass is 238 g/mol. The van der Waals surface area contributed by atoms with Gasteiger partial charge in [-0.15, -0.1) is 11.6 Å². The van der Waals surface area contributed by atoms with Gasteiger partial charge in [0.2, 0.25) is 0 Å². The van der Waals surface area contributed by atoms with Gasteiger partial charge >= 0.3 is 0 Å². The zero-order valence-corrected chi connectivity index (χ0v) is 11.7. The Bertz CT molecular complexity index is 318. The van der Waals surface area contributed by atoms with Crippen LogP contribution in [0.3, 0.4) is 0 Å². The van der Waals surface area contributed by atoms with E-state index >= 15 is 0 Å². The smallest absolute Gasteiger partial charge is 0.0339 e. The molecule has 0 saturated carbocycles. The third-order valence-electron chi connectivity index (χ3n) is 3.15. The van der Waals surface area contributed by atoms with Crippen molar-refractivity contribution in [3.05, 3.63) is 34.4 Å². The van der Waals surface area contributed by atoms with Crippen LogP contribution in [0.25, 0.3) is 0 Å². The number of hydrogen-bond acceptors (Lipinski definition) is 0. The summed E-state index contributed by atoms with van der Waals surface area (Å²) in [5, 5.41) is 0.338. The van der Waals surface area contributed by atoms with Gasteiger partial charge < -0.3 is 0 Å². The third-order valence-corrected chi connectivity index (χ3v) is 3.59. The molecule has 1 atom stereocenters. The molecule has 0 radical (unpaired) electrons. The predicted octanol–water partition coefficient (Wildman–Crippen LogP) is 4.95. The number of alkyl halides is 1. The molecule has 0 N–H and O–H groups in total. The van der Waals surface area contributed by atoms with Crippen LogP contribution >= 0.6 is 11.6 Å². The van der Waals surface area contributed by atoms with E-state index in [0.717, 1.165) is 19.3 Å². The van der Waals surface area contributed by atoms with E-state index in [1.807, 2.05) is 0 Å². The molecule has 1 rings (SSSR count). The molecule has 0 fully saturated rings. The number of hydrogen-bond donors (Lipinski definition) is 0. The lowest BCUT2D eigenvalue weighted by Crippen LogP contribution is -2.03.